The van der Waals surface area contributed by atoms with Gasteiger partial charge in [-0.15, -0.1) is 0 Å². The Morgan fingerprint density at radius 2 is 1.41 bits per heavy atom. The summed E-state index contributed by atoms with van der Waals surface area (Å²) in [6.07, 6.45) is -8.14. The summed E-state index contributed by atoms with van der Waals surface area (Å²) in [4.78, 5) is 0. The van der Waals surface area contributed by atoms with E-state index in [1.807, 2.05) is 0 Å². The Labute approximate surface area is 125 Å². The van der Waals surface area contributed by atoms with Crippen molar-refractivity contribution in [2.24, 2.45) is 0 Å². The summed E-state index contributed by atoms with van der Waals surface area (Å²) >= 11 is 0. The van der Waals surface area contributed by atoms with Crippen LogP contribution >= 0.6 is 0 Å². The number of aliphatic hydroxyl groups excluding tert-OH is 6. The van der Waals surface area contributed by atoms with Gasteiger partial charge in [-0.1, -0.05) is 0 Å². The number of rotatable bonds is 1. The zero-order valence-corrected chi connectivity index (χ0v) is 11.6. The maximum Gasteiger partial charge on any atom is 0.222 e. The summed E-state index contributed by atoms with van der Waals surface area (Å²) in [5.41, 5.74) is 0. The van der Waals surface area contributed by atoms with Crippen LogP contribution in [0.4, 0.5) is 0 Å². The van der Waals surface area contributed by atoms with Crippen molar-refractivity contribution in [3.05, 3.63) is 0 Å². The van der Waals surface area contributed by atoms with Gasteiger partial charge in [-0.25, -0.2) is 0 Å². The first-order valence-electron chi connectivity index (χ1n) is 6.96. The van der Waals surface area contributed by atoms with Gasteiger partial charge in [0.25, 0.3) is 0 Å². The molecule has 3 heterocycles. The molecule has 22 heavy (non-hydrogen) atoms. The van der Waals surface area contributed by atoms with Gasteiger partial charge < -0.3 is 49.6 Å². The van der Waals surface area contributed by atoms with Gasteiger partial charge >= 0.3 is 0 Å². The Morgan fingerprint density at radius 1 is 0.818 bits per heavy atom. The van der Waals surface area contributed by atoms with Crippen molar-refractivity contribution < 1.29 is 49.6 Å². The van der Waals surface area contributed by atoms with Crippen LogP contribution in [0.2, 0.25) is 0 Å². The average Bonchev–Trinajstić information content (AvgIpc) is 2.77. The minimum atomic E-state index is -1.70. The highest BCUT2D eigenvalue weighted by Gasteiger charge is 2.62. The molecule has 0 aromatic carbocycles. The lowest BCUT2D eigenvalue weighted by atomic mass is 9.95. The van der Waals surface area contributed by atoms with E-state index < -0.39 is 68.0 Å². The fraction of sp³-hybridized carbons (Fsp3) is 1.00. The zero-order valence-electron chi connectivity index (χ0n) is 11.6. The van der Waals surface area contributed by atoms with Crippen LogP contribution in [0.5, 0.6) is 0 Å². The van der Waals surface area contributed by atoms with E-state index in [1.165, 1.54) is 0 Å². The molecule has 0 aromatic heterocycles. The molecule has 6 N–H and O–H groups in total. The van der Waals surface area contributed by atoms with Gasteiger partial charge in [0.2, 0.25) is 11.6 Å². The molecule has 3 aliphatic rings. The molecule has 10 nitrogen and oxygen atoms in total. The van der Waals surface area contributed by atoms with Crippen molar-refractivity contribution >= 4 is 0 Å². The monoisotopic (exact) mass is 324 g/mol. The lowest BCUT2D eigenvalue weighted by molar-refractivity contribution is -0.430. The summed E-state index contributed by atoms with van der Waals surface area (Å²) in [6.45, 7) is -1.58. The molecule has 3 rings (SSSR count). The van der Waals surface area contributed by atoms with Crippen molar-refractivity contribution in [2.45, 2.75) is 48.2 Å². The average molecular weight is 324 g/mol. The van der Waals surface area contributed by atoms with Gasteiger partial charge in [-0.3, -0.25) is 0 Å². The third-order valence-corrected chi connectivity index (χ3v) is 4.39. The number of aliphatic hydroxyl groups is 6. The largest absolute Gasteiger partial charge is 0.394 e. The molecule has 0 amide bonds. The predicted molar refractivity (Wildman–Crippen MR) is 65.3 cm³/mol. The van der Waals surface area contributed by atoms with Gasteiger partial charge in [0.05, 0.1) is 13.2 Å². The van der Waals surface area contributed by atoms with E-state index in [0.29, 0.717) is 0 Å². The third kappa shape index (κ3) is 2.27. The van der Waals surface area contributed by atoms with Crippen molar-refractivity contribution in [1.29, 1.82) is 0 Å². The van der Waals surface area contributed by atoms with E-state index in [9.17, 15) is 25.5 Å². The second-order valence-electron chi connectivity index (χ2n) is 5.79. The molecule has 3 saturated heterocycles. The molecule has 8 atom stereocenters. The van der Waals surface area contributed by atoms with Crippen molar-refractivity contribution in [1.82, 2.24) is 0 Å². The van der Waals surface area contributed by atoms with Crippen LogP contribution in [-0.2, 0) is 18.9 Å². The molecular weight excluding hydrogens is 304 g/mol. The fourth-order valence-electron chi connectivity index (χ4n) is 2.91. The lowest BCUT2D eigenvalue weighted by Crippen LogP contribution is -2.69. The standard InChI is InChI=1S/C12H20O10/c13-1-6-8(16)10(18)12(22-6)4-20-11(3-21-12)9(17)7(15)5(14)2-19-11/h5-10,13-18H,1-4H2/t5-,6-,7-,8-,9+,10+,11+,12-/m1/s1. The first-order chi connectivity index (χ1) is 10.4. The summed E-state index contributed by atoms with van der Waals surface area (Å²) in [6, 6.07) is 0. The second kappa shape index (κ2) is 5.60. The molecule has 0 unspecified atom stereocenters. The highest BCUT2D eigenvalue weighted by molar-refractivity contribution is 5.02. The van der Waals surface area contributed by atoms with Crippen molar-refractivity contribution in [3.8, 4) is 0 Å². The third-order valence-electron chi connectivity index (χ3n) is 4.39. The molecule has 128 valence electrons. The minimum Gasteiger partial charge on any atom is -0.394 e. The molecule has 0 bridgehead atoms. The maximum absolute atomic E-state index is 10.0. The van der Waals surface area contributed by atoms with Crippen molar-refractivity contribution in [3.63, 3.8) is 0 Å². The van der Waals surface area contributed by atoms with Gasteiger partial charge in [0.1, 0.15) is 49.8 Å². The molecule has 0 aliphatic carbocycles. The Bertz CT molecular complexity index is 403. The quantitative estimate of drug-likeness (QED) is 0.278. The second-order valence-corrected chi connectivity index (χ2v) is 5.79. The van der Waals surface area contributed by atoms with Crippen LogP contribution < -0.4 is 0 Å². The Hall–Kier alpha value is -0.400. The van der Waals surface area contributed by atoms with Crippen LogP contribution in [-0.4, -0.2) is 105 Å². The van der Waals surface area contributed by atoms with E-state index >= 15 is 0 Å². The molecule has 3 fully saturated rings. The number of ether oxygens (including phenoxy) is 4. The van der Waals surface area contributed by atoms with Crippen LogP contribution in [0.15, 0.2) is 0 Å². The zero-order chi connectivity index (χ0) is 16.1. The van der Waals surface area contributed by atoms with Gasteiger partial charge in [0.15, 0.2) is 0 Å². The highest BCUT2D eigenvalue weighted by Crippen LogP contribution is 2.40. The SMILES string of the molecule is OC[C@H]1O[C@]2(CO[C@]3(CO2)OC[C@@H](O)[C@@H](O)[C@@H]3O)[C@@H](O)[C@@H]1O. The Morgan fingerprint density at radius 3 is 1.95 bits per heavy atom. The smallest absolute Gasteiger partial charge is 0.222 e. The van der Waals surface area contributed by atoms with Gasteiger partial charge in [0, 0.05) is 0 Å². The molecule has 10 heteroatoms. The van der Waals surface area contributed by atoms with E-state index in [2.05, 4.69) is 0 Å². The molecular formula is C12H20O10. The summed E-state index contributed by atoms with van der Waals surface area (Å²) in [5, 5.41) is 58.1. The first-order valence-corrected chi connectivity index (χ1v) is 6.96. The minimum absolute atomic E-state index is 0.264. The van der Waals surface area contributed by atoms with Crippen LogP contribution in [0.25, 0.3) is 0 Å². The summed E-state index contributed by atoms with van der Waals surface area (Å²) < 4.78 is 21.5. The molecule has 3 aliphatic heterocycles. The van der Waals surface area contributed by atoms with Crippen LogP contribution in [0.3, 0.4) is 0 Å². The Balaban J connectivity index is 1.73. The van der Waals surface area contributed by atoms with E-state index in [1.54, 1.807) is 0 Å². The van der Waals surface area contributed by atoms with Crippen molar-refractivity contribution in [2.75, 3.05) is 26.4 Å². The van der Waals surface area contributed by atoms with Gasteiger partial charge in [-0.2, -0.15) is 0 Å². The van der Waals surface area contributed by atoms with Gasteiger partial charge in [-0.05, 0) is 0 Å². The summed E-state index contributed by atoms with van der Waals surface area (Å²) in [7, 11) is 0. The first kappa shape index (κ1) is 16.5. The van der Waals surface area contributed by atoms with Crippen LogP contribution in [0.1, 0.15) is 0 Å². The molecule has 0 radical (unpaired) electrons. The molecule has 2 spiro atoms. The predicted octanol–water partition coefficient (Wildman–Crippen LogP) is -4.35. The summed E-state index contributed by atoms with van der Waals surface area (Å²) in [5.74, 6) is -3.39. The topological polar surface area (TPSA) is 158 Å². The molecule has 0 aromatic rings. The molecule has 0 saturated carbocycles. The Kier molecular flexibility index (Phi) is 4.19. The normalized spacial score (nSPS) is 55.9. The fourth-order valence-corrected chi connectivity index (χ4v) is 2.91. The maximum atomic E-state index is 10.0. The van der Waals surface area contributed by atoms with E-state index in [4.69, 9.17) is 24.1 Å². The number of hydrogen-bond donors (Lipinski definition) is 6. The van der Waals surface area contributed by atoms with Crippen LogP contribution in [0, 0.1) is 0 Å². The number of hydrogen-bond acceptors (Lipinski definition) is 10. The lowest BCUT2D eigenvalue weighted by Gasteiger charge is -2.50. The van der Waals surface area contributed by atoms with E-state index in [-0.39, 0.29) is 6.61 Å². The highest BCUT2D eigenvalue weighted by atomic mass is 16.8. The van der Waals surface area contributed by atoms with E-state index in [0.717, 1.165) is 0 Å².